The minimum atomic E-state index is -0.334. The van der Waals surface area contributed by atoms with E-state index in [1.807, 2.05) is 24.0 Å². The Labute approximate surface area is 198 Å². The van der Waals surface area contributed by atoms with Crippen LogP contribution in [0.3, 0.4) is 0 Å². The maximum atomic E-state index is 12.7. The number of benzene rings is 1. The number of nitrogens with zero attached hydrogens (tertiary/aromatic N) is 2. The van der Waals surface area contributed by atoms with E-state index in [9.17, 15) is 14.4 Å². The van der Waals surface area contributed by atoms with Crippen LogP contribution in [0.25, 0.3) is 6.08 Å². The van der Waals surface area contributed by atoms with Crippen LogP contribution in [0.15, 0.2) is 29.2 Å². The van der Waals surface area contributed by atoms with E-state index < -0.39 is 0 Å². The molecule has 0 saturated carbocycles. The number of esters is 1. The molecule has 2 saturated heterocycles. The van der Waals surface area contributed by atoms with Crippen molar-refractivity contribution in [3.63, 3.8) is 0 Å². The summed E-state index contributed by atoms with van der Waals surface area (Å²) in [6, 6.07) is 7.21. The summed E-state index contributed by atoms with van der Waals surface area (Å²) < 4.78 is 11.1. The van der Waals surface area contributed by atoms with Crippen LogP contribution in [0.4, 0.5) is 0 Å². The fourth-order valence-corrected chi connectivity index (χ4v) is 4.68. The maximum absolute atomic E-state index is 12.7. The zero-order valence-electron chi connectivity index (χ0n) is 18.2. The summed E-state index contributed by atoms with van der Waals surface area (Å²) in [5.41, 5.74) is 0.822. The summed E-state index contributed by atoms with van der Waals surface area (Å²) >= 11 is 6.52. The molecule has 0 spiro atoms. The van der Waals surface area contributed by atoms with Crippen LogP contribution in [0, 0.1) is 0 Å². The fraction of sp³-hybridized carbons (Fsp3) is 0.478. The highest BCUT2D eigenvalue weighted by Crippen LogP contribution is 2.32. The minimum absolute atomic E-state index is 0.0102. The van der Waals surface area contributed by atoms with Crippen molar-refractivity contribution in [2.24, 2.45) is 0 Å². The highest BCUT2D eigenvalue weighted by atomic mass is 32.2. The SMILES string of the molecule is CCCOC(=O)CCN1C(=O)/C(=C\c2ccc(OCC(=O)N3CCCCC3)cc2)SC1=S. The average molecular weight is 477 g/mol. The fourth-order valence-electron chi connectivity index (χ4n) is 3.38. The lowest BCUT2D eigenvalue weighted by Gasteiger charge is -2.26. The third-order valence-electron chi connectivity index (χ3n) is 5.13. The Morgan fingerprint density at radius 2 is 1.88 bits per heavy atom. The van der Waals surface area contributed by atoms with Gasteiger partial charge in [-0.1, -0.05) is 43.0 Å². The first-order valence-corrected chi connectivity index (χ1v) is 12.1. The summed E-state index contributed by atoms with van der Waals surface area (Å²) in [4.78, 5) is 40.4. The molecular formula is C23H28N2O5S2. The van der Waals surface area contributed by atoms with E-state index in [1.54, 1.807) is 18.2 Å². The van der Waals surface area contributed by atoms with Gasteiger partial charge in [0, 0.05) is 19.6 Å². The third-order valence-corrected chi connectivity index (χ3v) is 6.51. The highest BCUT2D eigenvalue weighted by Gasteiger charge is 2.32. The number of likely N-dealkylation sites (tertiary alicyclic amines) is 1. The Kier molecular flexibility index (Phi) is 9.11. The molecule has 7 nitrogen and oxygen atoms in total. The highest BCUT2D eigenvalue weighted by molar-refractivity contribution is 8.26. The molecule has 0 aromatic heterocycles. The van der Waals surface area contributed by atoms with Crippen LogP contribution >= 0.6 is 24.0 Å². The van der Waals surface area contributed by atoms with E-state index in [0.29, 0.717) is 21.6 Å². The molecule has 1 aromatic rings. The molecule has 2 aliphatic heterocycles. The van der Waals surface area contributed by atoms with Crippen LogP contribution in [0.5, 0.6) is 5.75 Å². The Bertz CT molecular complexity index is 879. The quantitative estimate of drug-likeness (QED) is 0.306. The maximum Gasteiger partial charge on any atom is 0.307 e. The molecular weight excluding hydrogens is 448 g/mol. The Morgan fingerprint density at radius 1 is 1.16 bits per heavy atom. The smallest absolute Gasteiger partial charge is 0.307 e. The Hall–Kier alpha value is -2.39. The van der Waals surface area contributed by atoms with Crippen molar-refractivity contribution in [1.82, 2.24) is 9.80 Å². The van der Waals surface area contributed by atoms with Crippen molar-refractivity contribution in [2.75, 3.05) is 32.8 Å². The van der Waals surface area contributed by atoms with Gasteiger partial charge in [0.05, 0.1) is 17.9 Å². The van der Waals surface area contributed by atoms with E-state index in [2.05, 4.69) is 0 Å². The van der Waals surface area contributed by atoms with Gasteiger partial charge in [-0.2, -0.15) is 0 Å². The third kappa shape index (κ3) is 6.80. The van der Waals surface area contributed by atoms with Gasteiger partial charge in [-0.25, -0.2) is 0 Å². The zero-order valence-corrected chi connectivity index (χ0v) is 19.8. The molecule has 3 rings (SSSR count). The molecule has 0 radical (unpaired) electrons. The van der Waals surface area contributed by atoms with Gasteiger partial charge < -0.3 is 14.4 Å². The summed E-state index contributed by atoms with van der Waals surface area (Å²) in [5.74, 6) is 0.0664. The second-order valence-electron chi connectivity index (χ2n) is 7.60. The number of hydrogen-bond acceptors (Lipinski definition) is 7. The van der Waals surface area contributed by atoms with Crippen molar-refractivity contribution in [3.8, 4) is 5.75 Å². The lowest BCUT2D eigenvalue weighted by atomic mass is 10.1. The van der Waals surface area contributed by atoms with Gasteiger partial charge in [0.2, 0.25) is 0 Å². The first-order valence-electron chi connectivity index (χ1n) is 10.9. The van der Waals surface area contributed by atoms with Crippen LogP contribution in [0.2, 0.25) is 0 Å². The zero-order chi connectivity index (χ0) is 22.9. The van der Waals surface area contributed by atoms with E-state index in [-0.39, 0.29) is 37.4 Å². The molecule has 0 bridgehead atoms. The lowest BCUT2D eigenvalue weighted by Crippen LogP contribution is -2.38. The molecule has 0 aliphatic carbocycles. The van der Waals surface area contributed by atoms with Crippen LogP contribution in [0.1, 0.15) is 44.6 Å². The second kappa shape index (κ2) is 12.0. The van der Waals surface area contributed by atoms with Crippen molar-refractivity contribution >= 4 is 52.2 Å². The molecule has 2 aliphatic rings. The van der Waals surface area contributed by atoms with E-state index in [0.717, 1.165) is 37.9 Å². The molecule has 2 fully saturated rings. The molecule has 0 N–H and O–H groups in total. The number of piperidine rings is 1. The Morgan fingerprint density at radius 3 is 2.56 bits per heavy atom. The van der Waals surface area contributed by atoms with Crippen molar-refractivity contribution in [2.45, 2.75) is 39.0 Å². The van der Waals surface area contributed by atoms with Crippen molar-refractivity contribution < 1.29 is 23.9 Å². The van der Waals surface area contributed by atoms with Gasteiger partial charge in [0.25, 0.3) is 11.8 Å². The van der Waals surface area contributed by atoms with E-state index in [4.69, 9.17) is 21.7 Å². The lowest BCUT2D eigenvalue weighted by molar-refractivity contribution is -0.144. The molecule has 0 unspecified atom stereocenters. The molecule has 2 heterocycles. The van der Waals surface area contributed by atoms with Crippen molar-refractivity contribution in [3.05, 3.63) is 34.7 Å². The van der Waals surface area contributed by atoms with Crippen LogP contribution in [-0.4, -0.2) is 64.8 Å². The molecule has 1 aromatic carbocycles. The second-order valence-corrected chi connectivity index (χ2v) is 9.28. The number of amides is 2. The monoisotopic (exact) mass is 476 g/mol. The summed E-state index contributed by atoms with van der Waals surface area (Å²) in [6.07, 6.45) is 5.91. The van der Waals surface area contributed by atoms with Gasteiger partial charge in [-0.3, -0.25) is 19.3 Å². The molecule has 9 heteroatoms. The number of thiocarbonyl (C=S) groups is 1. The Balaban J connectivity index is 1.51. The number of ether oxygens (including phenoxy) is 2. The first-order chi connectivity index (χ1) is 15.5. The molecule has 0 atom stereocenters. The first kappa shape index (κ1) is 24.3. The van der Waals surface area contributed by atoms with Gasteiger partial charge in [-0.05, 0) is 49.5 Å². The number of hydrogen-bond donors (Lipinski definition) is 0. The number of thioether (sulfide) groups is 1. The van der Waals surface area contributed by atoms with Crippen LogP contribution < -0.4 is 4.74 Å². The summed E-state index contributed by atoms with van der Waals surface area (Å²) in [6.45, 7) is 4.15. The van der Waals surface area contributed by atoms with Crippen LogP contribution in [-0.2, 0) is 19.1 Å². The average Bonchev–Trinajstić information content (AvgIpc) is 3.08. The van der Waals surface area contributed by atoms with Gasteiger partial charge >= 0.3 is 5.97 Å². The predicted octanol–water partition coefficient (Wildman–Crippen LogP) is 3.62. The molecule has 2 amide bonds. The molecule has 32 heavy (non-hydrogen) atoms. The standard InChI is InChI=1S/C23H28N2O5S2/c1-2-14-29-21(27)10-13-25-22(28)19(32-23(25)31)15-17-6-8-18(9-7-17)30-16-20(26)24-11-4-3-5-12-24/h6-9,15H,2-5,10-14,16H2,1H3/b19-15+. The summed E-state index contributed by atoms with van der Waals surface area (Å²) in [7, 11) is 0. The topological polar surface area (TPSA) is 76.1 Å². The van der Waals surface area contributed by atoms with Gasteiger partial charge in [0.1, 0.15) is 10.1 Å². The molecule has 172 valence electrons. The van der Waals surface area contributed by atoms with E-state index >= 15 is 0 Å². The summed E-state index contributed by atoms with van der Waals surface area (Å²) in [5, 5.41) is 0. The number of rotatable bonds is 9. The normalized spacial score (nSPS) is 17.7. The number of carbonyl (C=O) groups excluding carboxylic acids is 3. The van der Waals surface area contributed by atoms with Gasteiger partial charge in [0.15, 0.2) is 6.61 Å². The predicted molar refractivity (Wildman–Crippen MR) is 128 cm³/mol. The van der Waals surface area contributed by atoms with E-state index in [1.165, 1.54) is 23.1 Å². The number of carbonyl (C=O) groups is 3. The van der Waals surface area contributed by atoms with Crippen molar-refractivity contribution in [1.29, 1.82) is 0 Å². The minimum Gasteiger partial charge on any atom is -0.484 e. The van der Waals surface area contributed by atoms with Gasteiger partial charge in [-0.15, -0.1) is 0 Å². The largest absolute Gasteiger partial charge is 0.484 e.